The first-order valence-electron chi connectivity index (χ1n) is 8.66. The van der Waals surface area contributed by atoms with Gasteiger partial charge in [0, 0.05) is 46.0 Å². The zero-order valence-electron chi connectivity index (χ0n) is 15.5. The summed E-state index contributed by atoms with van der Waals surface area (Å²) in [7, 11) is 2.01. The Labute approximate surface area is 148 Å². The molecule has 3 rings (SSSR count). The summed E-state index contributed by atoms with van der Waals surface area (Å²) in [5, 5.41) is 0. The summed E-state index contributed by atoms with van der Waals surface area (Å²) >= 11 is 0. The number of piperazine rings is 1. The molecule has 0 aliphatic carbocycles. The third-order valence-electron chi connectivity index (χ3n) is 4.39. The number of amides is 1. The number of anilines is 1. The van der Waals surface area contributed by atoms with Crippen LogP contribution in [0.2, 0.25) is 0 Å². The van der Waals surface area contributed by atoms with E-state index in [2.05, 4.69) is 15.5 Å². The fourth-order valence-electron chi connectivity index (χ4n) is 3.09. The van der Waals surface area contributed by atoms with Gasteiger partial charge >= 0.3 is 6.09 Å². The minimum atomic E-state index is -0.470. The van der Waals surface area contributed by atoms with Crippen LogP contribution in [0.5, 0.6) is 0 Å². The first-order valence-corrected chi connectivity index (χ1v) is 8.66. The maximum absolute atomic E-state index is 12.2. The van der Waals surface area contributed by atoms with Gasteiger partial charge in [0.05, 0.1) is 22.4 Å². The predicted molar refractivity (Wildman–Crippen MR) is 98.6 cm³/mol. The Hall–Kier alpha value is -2.28. The number of carbonyl (C=O) groups is 1. The lowest BCUT2D eigenvalue weighted by Crippen LogP contribution is -2.50. The highest BCUT2D eigenvalue weighted by molar-refractivity contribution is 5.81. The molecule has 136 valence electrons. The van der Waals surface area contributed by atoms with Crippen LogP contribution in [0.15, 0.2) is 18.3 Å². The standard InChI is InChI=1S/C18H27N5O2/c1-18(2,3)25-17(24)23-9-7-22(8-10-23)16-11-15-13(5-6-21(15)4)20-14(16)12-19/h5-6,11H,7-10,12,19H2,1-4H3. The third-order valence-corrected chi connectivity index (χ3v) is 4.39. The van der Waals surface area contributed by atoms with Gasteiger partial charge in [-0.3, -0.25) is 0 Å². The second kappa shape index (κ2) is 6.55. The van der Waals surface area contributed by atoms with E-state index >= 15 is 0 Å². The number of ether oxygens (including phenoxy) is 1. The van der Waals surface area contributed by atoms with Crippen LogP contribution in [0.1, 0.15) is 26.5 Å². The molecule has 2 N–H and O–H groups in total. The lowest BCUT2D eigenvalue weighted by atomic mass is 10.2. The van der Waals surface area contributed by atoms with E-state index in [0.717, 1.165) is 35.5 Å². The number of hydrogen-bond acceptors (Lipinski definition) is 5. The molecule has 3 heterocycles. The monoisotopic (exact) mass is 345 g/mol. The van der Waals surface area contributed by atoms with Gasteiger partial charge in [-0.2, -0.15) is 0 Å². The molecule has 0 unspecified atom stereocenters. The van der Waals surface area contributed by atoms with Crippen molar-refractivity contribution in [1.29, 1.82) is 0 Å². The average molecular weight is 345 g/mol. The molecule has 1 fully saturated rings. The second-order valence-electron chi connectivity index (χ2n) is 7.44. The van der Waals surface area contributed by atoms with Crippen molar-refractivity contribution in [2.75, 3.05) is 31.1 Å². The summed E-state index contributed by atoms with van der Waals surface area (Å²) in [4.78, 5) is 20.9. The molecule has 2 aromatic rings. The lowest BCUT2D eigenvalue weighted by Gasteiger charge is -2.37. The van der Waals surface area contributed by atoms with Gasteiger partial charge in [-0.05, 0) is 32.9 Å². The maximum atomic E-state index is 12.2. The number of nitrogens with two attached hydrogens (primary N) is 1. The number of fused-ring (bicyclic) bond motifs is 1. The van der Waals surface area contributed by atoms with E-state index < -0.39 is 5.60 Å². The Morgan fingerprint density at radius 1 is 1.28 bits per heavy atom. The van der Waals surface area contributed by atoms with Crippen molar-refractivity contribution in [2.24, 2.45) is 12.8 Å². The van der Waals surface area contributed by atoms with Crippen molar-refractivity contribution in [1.82, 2.24) is 14.5 Å². The number of aryl methyl sites for hydroxylation is 1. The highest BCUT2D eigenvalue weighted by Crippen LogP contribution is 2.26. The largest absolute Gasteiger partial charge is 0.444 e. The Kier molecular flexibility index (Phi) is 4.60. The van der Waals surface area contributed by atoms with Crippen molar-refractivity contribution in [3.05, 3.63) is 24.0 Å². The number of nitrogens with zero attached hydrogens (tertiary/aromatic N) is 4. The minimum Gasteiger partial charge on any atom is -0.444 e. The molecule has 1 aliphatic heterocycles. The van der Waals surface area contributed by atoms with E-state index in [1.54, 1.807) is 4.90 Å². The summed E-state index contributed by atoms with van der Waals surface area (Å²) in [5.74, 6) is 0. The number of hydrogen-bond donors (Lipinski definition) is 1. The molecule has 0 spiro atoms. The van der Waals surface area contributed by atoms with E-state index in [4.69, 9.17) is 15.5 Å². The van der Waals surface area contributed by atoms with Gasteiger partial charge in [-0.25, -0.2) is 9.78 Å². The zero-order chi connectivity index (χ0) is 18.2. The minimum absolute atomic E-state index is 0.248. The molecular formula is C18H27N5O2. The van der Waals surface area contributed by atoms with Gasteiger partial charge in [0.15, 0.2) is 0 Å². The molecule has 0 radical (unpaired) electrons. The molecule has 2 aromatic heterocycles. The summed E-state index contributed by atoms with van der Waals surface area (Å²) in [6.45, 7) is 8.79. The summed E-state index contributed by atoms with van der Waals surface area (Å²) in [5.41, 5.74) is 9.44. The van der Waals surface area contributed by atoms with Gasteiger partial charge in [-0.15, -0.1) is 0 Å². The SMILES string of the molecule is Cn1ccc2nc(CN)c(N3CCN(C(=O)OC(C)(C)C)CC3)cc21. The quantitative estimate of drug-likeness (QED) is 0.902. The highest BCUT2D eigenvalue weighted by atomic mass is 16.6. The first-order chi connectivity index (χ1) is 11.8. The molecular weight excluding hydrogens is 318 g/mol. The third kappa shape index (κ3) is 3.71. The Morgan fingerprint density at radius 2 is 1.96 bits per heavy atom. The second-order valence-corrected chi connectivity index (χ2v) is 7.44. The van der Waals surface area contributed by atoms with Crippen LogP contribution in [0.3, 0.4) is 0 Å². The van der Waals surface area contributed by atoms with Crippen LogP contribution >= 0.6 is 0 Å². The van der Waals surface area contributed by atoms with Gasteiger partial charge in [0.1, 0.15) is 5.60 Å². The molecule has 0 saturated carbocycles. The molecule has 1 amide bonds. The summed E-state index contributed by atoms with van der Waals surface area (Å²) < 4.78 is 7.52. The Balaban J connectivity index is 1.75. The number of rotatable bonds is 2. The number of aromatic nitrogens is 2. The van der Waals surface area contributed by atoms with Crippen LogP contribution in [-0.4, -0.2) is 52.3 Å². The molecule has 0 aromatic carbocycles. The first kappa shape index (κ1) is 17.5. The van der Waals surface area contributed by atoms with E-state index in [1.807, 2.05) is 40.1 Å². The van der Waals surface area contributed by atoms with Gasteiger partial charge in [0.25, 0.3) is 0 Å². The van der Waals surface area contributed by atoms with Crippen LogP contribution in [0, 0.1) is 0 Å². The van der Waals surface area contributed by atoms with Gasteiger partial charge < -0.3 is 24.8 Å². The van der Waals surface area contributed by atoms with Crippen molar-refractivity contribution >= 4 is 22.8 Å². The molecule has 0 bridgehead atoms. The summed E-state index contributed by atoms with van der Waals surface area (Å²) in [6.07, 6.45) is 1.75. The lowest BCUT2D eigenvalue weighted by molar-refractivity contribution is 0.0240. The molecule has 0 atom stereocenters. The normalized spacial score (nSPS) is 15.7. The van der Waals surface area contributed by atoms with Crippen LogP contribution in [0.25, 0.3) is 11.0 Å². The van der Waals surface area contributed by atoms with Crippen molar-refractivity contribution in [2.45, 2.75) is 32.9 Å². The summed E-state index contributed by atoms with van der Waals surface area (Å²) in [6, 6.07) is 4.15. The zero-order valence-corrected chi connectivity index (χ0v) is 15.5. The van der Waals surface area contributed by atoms with Crippen LogP contribution in [0.4, 0.5) is 10.5 Å². The smallest absolute Gasteiger partial charge is 0.410 e. The van der Waals surface area contributed by atoms with E-state index in [9.17, 15) is 4.79 Å². The topological polar surface area (TPSA) is 76.6 Å². The molecule has 1 saturated heterocycles. The van der Waals surface area contributed by atoms with E-state index in [0.29, 0.717) is 19.6 Å². The predicted octanol–water partition coefficient (Wildman–Crippen LogP) is 2.09. The molecule has 7 heteroatoms. The van der Waals surface area contributed by atoms with E-state index in [-0.39, 0.29) is 6.09 Å². The van der Waals surface area contributed by atoms with Crippen LogP contribution in [-0.2, 0) is 18.3 Å². The van der Waals surface area contributed by atoms with E-state index in [1.165, 1.54) is 0 Å². The fraction of sp³-hybridized carbons (Fsp3) is 0.556. The highest BCUT2D eigenvalue weighted by Gasteiger charge is 2.27. The average Bonchev–Trinajstić information content (AvgIpc) is 2.92. The Bertz CT molecular complexity index is 770. The van der Waals surface area contributed by atoms with Gasteiger partial charge in [-0.1, -0.05) is 0 Å². The number of pyridine rings is 1. The van der Waals surface area contributed by atoms with Crippen LogP contribution < -0.4 is 10.6 Å². The van der Waals surface area contributed by atoms with Crippen molar-refractivity contribution in [3.8, 4) is 0 Å². The number of carbonyl (C=O) groups excluding carboxylic acids is 1. The van der Waals surface area contributed by atoms with Crippen molar-refractivity contribution < 1.29 is 9.53 Å². The molecule has 1 aliphatic rings. The molecule has 7 nitrogen and oxygen atoms in total. The van der Waals surface area contributed by atoms with Crippen molar-refractivity contribution in [3.63, 3.8) is 0 Å². The maximum Gasteiger partial charge on any atom is 0.410 e. The molecule has 25 heavy (non-hydrogen) atoms. The fourth-order valence-corrected chi connectivity index (χ4v) is 3.09. The van der Waals surface area contributed by atoms with Gasteiger partial charge in [0.2, 0.25) is 0 Å². The Morgan fingerprint density at radius 3 is 2.56 bits per heavy atom.